The molecule has 3 aliphatic rings. The molecule has 2 heterocycles. The second kappa shape index (κ2) is 9.99. The van der Waals surface area contributed by atoms with E-state index in [-0.39, 0.29) is 60.8 Å². The van der Waals surface area contributed by atoms with Crippen LogP contribution in [0.5, 0.6) is 11.6 Å². The SMILES string of the molecule is Cc1cc(OCCC2(O)COC2)ccc1-c1cc(COc2cc3c(cn2)[C@H]2[C@@H](C3)[C@@H]2C(=O)O)c(F)cc1C(F)(F)F. The number of pyridine rings is 1. The van der Waals surface area contributed by atoms with Gasteiger partial charge in [-0.15, -0.1) is 0 Å². The summed E-state index contributed by atoms with van der Waals surface area (Å²) >= 11 is 0. The highest BCUT2D eigenvalue weighted by molar-refractivity contribution is 5.78. The first kappa shape index (κ1) is 27.5. The van der Waals surface area contributed by atoms with Gasteiger partial charge in [0, 0.05) is 30.2 Å². The third-order valence-corrected chi connectivity index (χ3v) is 8.20. The van der Waals surface area contributed by atoms with Crippen molar-refractivity contribution < 1.29 is 46.8 Å². The fourth-order valence-corrected chi connectivity index (χ4v) is 5.89. The van der Waals surface area contributed by atoms with Crippen molar-refractivity contribution in [3.8, 4) is 22.8 Å². The van der Waals surface area contributed by atoms with Crippen LogP contribution >= 0.6 is 0 Å². The number of carbonyl (C=O) groups is 1. The van der Waals surface area contributed by atoms with Crippen LogP contribution < -0.4 is 9.47 Å². The van der Waals surface area contributed by atoms with E-state index in [4.69, 9.17) is 14.2 Å². The van der Waals surface area contributed by atoms with Crippen LogP contribution in [-0.4, -0.2) is 46.6 Å². The van der Waals surface area contributed by atoms with Crippen molar-refractivity contribution in [1.82, 2.24) is 4.98 Å². The minimum atomic E-state index is -4.80. The van der Waals surface area contributed by atoms with Crippen molar-refractivity contribution in [3.05, 3.63) is 76.2 Å². The maximum absolute atomic E-state index is 14.9. The maximum atomic E-state index is 14.9. The molecule has 1 aliphatic heterocycles. The van der Waals surface area contributed by atoms with E-state index in [0.29, 0.717) is 30.2 Å². The number of carboxylic acids is 1. The second-order valence-electron chi connectivity index (χ2n) is 11.0. The lowest BCUT2D eigenvalue weighted by molar-refractivity contribution is -0.184. The monoisotopic (exact) mass is 573 g/mol. The zero-order valence-electron chi connectivity index (χ0n) is 22.0. The number of aromatic nitrogens is 1. The van der Waals surface area contributed by atoms with Crippen LogP contribution in [-0.2, 0) is 28.7 Å². The van der Waals surface area contributed by atoms with Crippen molar-refractivity contribution in [2.24, 2.45) is 11.8 Å². The molecule has 3 atom stereocenters. The molecule has 0 unspecified atom stereocenters. The molecule has 1 saturated heterocycles. The molecule has 11 heteroatoms. The Morgan fingerprint density at radius 2 is 1.93 bits per heavy atom. The van der Waals surface area contributed by atoms with Crippen LogP contribution in [0.25, 0.3) is 11.1 Å². The summed E-state index contributed by atoms with van der Waals surface area (Å²) in [6, 6.07) is 7.95. The van der Waals surface area contributed by atoms with Crippen LogP contribution in [0.2, 0.25) is 0 Å². The molecule has 216 valence electrons. The predicted octanol–water partition coefficient (Wildman–Crippen LogP) is 5.29. The highest BCUT2D eigenvalue weighted by Gasteiger charge is 2.60. The zero-order chi connectivity index (χ0) is 29.1. The smallest absolute Gasteiger partial charge is 0.417 e. The molecule has 2 aliphatic carbocycles. The average Bonchev–Trinajstić information content (AvgIpc) is 3.49. The Labute approximate surface area is 232 Å². The number of aliphatic carboxylic acids is 1. The molecule has 6 rings (SSSR count). The van der Waals surface area contributed by atoms with E-state index >= 15 is 0 Å². The fourth-order valence-electron chi connectivity index (χ4n) is 5.89. The number of carboxylic acid groups (broad SMARTS) is 1. The molecule has 1 saturated carbocycles. The molecule has 2 fully saturated rings. The van der Waals surface area contributed by atoms with Crippen LogP contribution in [0, 0.1) is 24.6 Å². The largest absolute Gasteiger partial charge is 0.493 e. The lowest BCUT2D eigenvalue weighted by atomic mass is 9.93. The number of fused-ring (bicyclic) bond motifs is 3. The van der Waals surface area contributed by atoms with Gasteiger partial charge in [-0.25, -0.2) is 9.37 Å². The van der Waals surface area contributed by atoms with Crippen LogP contribution in [0.4, 0.5) is 17.6 Å². The number of nitrogens with zero attached hydrogens (tertiary/aromatic N) is 1. The summed E-state index contributed by atoms with van der Waals surface area (Å²) in [5, 5.41) is 19.4. The number of benzene rings is 2. The lowest BCUT2D eigenvalue weighted by Crippen LogP contribution is -2.50. The van der Waals surface area contributed by atoms with Crippen LogP contribution in [0.15, 0.2) is 42.6 Å². The topological polar surface area (TPSA) is 98.1 Å². The molecule has 0 amide bonds. The number of hydrogen-bond acceptors (Lipinski definition) is 6. The fraction of sp³-hybridized carbons (Fsp3) is 0.400. The summed E-state index contributed by atoms with van der Waals surface area (Å²) in [5.74, 6) is -1.66. The van der Waals surface area contributed by atoms with E-state index in [1.54, 1.807) is 25.3 Å². The third kappa shape index (κ3) is 5.24. The van der Waals surface area contributed by atoms with Crippen LogP contribution in [0.1, 0.15) is 40.2 Å². The van der Waals surface area contributed by atoms with Crippen LogP contribution in [0.3, 0.4) is 0 Å². The van der Waals surface area contributed by atoms with Gasteiger partial charge in [0.2, 0.25) is 5.88 Å². The van der Waals surface area contributed by atoms with Gasteiger partial charge in [0.15, 0.2) is 0 Å². The van der Waals surface area contributed by atoms with E-state index in [1.165, 1.54) is 12.1 Å². The molecule has 1 aromatic heterocycles. The van der Waals surface area contributed by atoms with E-state index < -0.39 is 35.0 Å². The summed E-state index contributed by atoms with van der Waals surface area (Å²) < 4.78 is 73.1. The number of halogens is 4. The highest BCUT2D eigenvalue weighted by Crippen LogP contribution is 2.61. The summed E-state index contributed by atoms with van der Waals surface area (Å²) in [4.78, 5) is 15.5. The molecule has 0 spiro atoms. The lowest BCUT2D eigenvalue weighted by Gasteiger charge is -2.36. The van der Waals surface area contributed by atoms with Crippen molar-refractivity contribution >= 4 is 5.97 Å². The van der Waals surface area contributed by atoms with Gasteiger partial charge in [0.25, 0.3) is 0 Å². The van der Waals surface area contributed by atoms with Gasteiger partial charge in [-0.1, -0.05) is 6.07 Å². The number of ether oxygens (including phenoxy) is 3. The van der Waals surface area contributed by atoms with Gasteiger partial charge in [-0.3, -0.25) is 4.79 Å². The van der Waals surface area contributed by atoms with Gasteiger partial charge in [0.05, 0.1) is 31.3 Å². The van der Waals surface area contributed by atoms with E-state index in [9.17, 15) is 32.6 Å². The van der Waals surface area contributed by atoms with Crippen molar-refractivity contribution in [2.75, 3.05) is 19.8 Å². The number of rotatable bonds is 9. The third-order valence-electron chi connectivity index (χ3n) is 8.20. The number of aliphatic hydroxyl groups is 1. The molecule has 2 N–H and O–H groups in total. The minimum absolute atomic E-state index is 0.0400. The van der Waals surface area contributed by atoms with Crippen molar-refractivity contribution in [3.63, 3.8) is 0 Å². The summed E-state index contributed by atoms with van der Waals surface area (Å²) in [5.41, 5.74) is 0.269. The molecule has 0 radical (unpaired) electrons. The highest BCUT2D eigenvalue weighted by atomic mass is 19.4. The molecule has 41 heavy (non-hydrogen) atoms. The first-order valence-electron chi connectivity index (χ1n) is 13.2. The summed E-state index contributed by atoms with van der Waals surface area (Å²) in [6.45, 7) is 1.98. The van der Waals surface area contributed by atoms with Crippen molar-refractivity contribution in [2.45, 2.75) is 44.1 Å². The Morgan fingerprint density at radius 1 is 1.15 bits per heavy atom. The number of alkyl halides is 3. The normalized spacial score (nSPS) is 22.0. The van der Waals surface area contributed by atoms with E-state index in [2.05, 4.69) is 4.98 Å². The second-order valence-corrected chi connectivity index (χ2v) is 11.0. The summed E-state index contributed by atoms with van der Waals surface area (Å²) in [7, 11) is 0. The van der Waals surface area contributed by atoms with Crippen molar-refractivity contribution in [1.29, 1.82) is 0 Å². The molecule has 3 aromatic rings. The molecule has 0 bridgehead atoms. The van der Waals surface area contributed by atoms with E-state index in [1.807, 2.05) is 0 Å². The Bertz CT molecular complexity index is 1520. The first-order valence-corrected chi connectivity index (χ1v) is 13.2. The molecule has 7 nitrogen and oxygen atoms in total. The zero-order valence-corrected chi connectivity index (χ0v) is 22.0. The quantitative estimate of drug-likeness (QED) is 0.336. The Hall–Kier alpha value is -3.70. The Morgan fingerprint density at radius 3 is 2.59 bits per heavy atom. The average molecular weight is 574 g/mol. The van der Waals surface area contributed by atoms with Gasteiger partial charge < -0.3 is 24.4 Å². The predicted molar refractivity (Wildman–Crippen MR) is 137 cm³/mol. The molecular weight excluding hydrogens is 546 g/mol. The molecule has 2 aromatic carbocycles. The van der Waals surface area contributed by atoms with E-state index in [0.717, 1.165) is 17.2 Å². The molecular formula is C30H27F4NO6. The number of hydrogen-bond donors (Lipinski definition) is 2. The number of aryl methyl sites for hydroxylation is 1. The van der Waals surface area contributed by atoms with Gasteiger partial charge in [0.1, 0.15) is 23.8 Å². The summed E-state index contributed by atoms with van der Waals surface area (Å²) in [6.07, 6.45) is -2.28. The first-order chi connectivity index (χ1) is 19.4. The Kier molecular flexibility index (Phi) is 6.69. The standard InChI is InChI=1S/C30H27F4NO6/c1-15-6-18(40-5-4-29(38)13-39-14-29)2-3-19(15)20-8-17(24(31)10-23(20)30(32,33)34)12-41-25-9-16-7-21-26(22(16)11-35-25)27(21)28(36)37/h2-3,6,8-11,21,26-27,38H,4-5,7,12-14H2,1H3,(H,36,37)/t21-,26-,27+/m1/s1. The van der Waals surface area contributed by atoms with Gasteiger partial charge in [-0.2, -0.15) is 13.2 Å². The maximum Gasteiger partial charge on any atom is 0.417 e. The van der Waals surface area contributed by atoms with Gasteiger partial charge >= 0.3 is 12.1 Å². The minimum Gasteiger partial charge on any atom is -0.493 e. The Balaban J connectivity index is 1.20. The van der Waals surface area contributed by atoms with Gasteiger partial charge in [-0.05, 0) is 71.3 Å².